The molecule has 0 saturated carbocycles. The Bertz CT molecular complexity index is 830. The molecule has 0 fully saturated rings. The maximum atomic E-state index is 12.2. The van der Waals surface area contributed by atoms with Crippen LogP contribution in [0.3, 0.4) is 0 Å². The number of anilines is 2. The van der Waals surface area contributed by atoms with Crippen LogP contribution < -0.4 is 15.0 Å². The first-order valence-electron chi connectivity index (χ1n) is 8.58. The van der Waals surface area contributed by atoms with Gasteiger partial charge in [-0.3, -0.25) is 9.59 Å². The monoisotopic (exact) mass is 350 g/mol. The highest BCUT2D eigenvalue weighted by Crippen LogP contribution is 2.34. The van der Waals surface area contributed by atoms with Gasteiger partial charge in [0.25, 0.3) is 5.91 Å². The van der Waals surface area contributed by atoms with Crippen molar-refractivity contribution < 1.29 is 14.3 Å². The number of aryl methyl sites for hydroxylation is 1. The number of nitrogens with one attached hydrogen (secondary N) is 1. The van der Waals surface area contributed by atoms with E-state index in [-0.39, 0.29) is 18.4 Å². The average molecular weight is 350 g/mol. The lowest BCUT2D eigenvalue weighted by molar-refractivity contribution is -0.121. The first-order chi connectivity index (χ1) is 12.5. The quantitative estimate of drug-likeness (QED) is 0.811. The summed E-state index contributed by atoms with van der Waals surface area (Å²) in [5, 5.41) is 2.89. The largest absolute Gasteiger partial charge is 0.481 e. The Morgan fingerprint density at radius 2 is 2.00 bits per heavy atom. The Morgan fingerprint density at radius 1 is 1.23 bits per heavy atom. The lowest BCUT2D eigenvalue weighted by atomic mass is 10.1. The summed E-state index contributed by atoms with van der Waals surface area (Å²) in [6.07, 6.45) is 1.09. The average Bonchev–Trinajstić information content (AvgIpc) is 2.63. The summed E-state index contributed by atoms with van der Waals surface area (Å²) in [5.74, 6) is 0.436. The van der Waals surface area contributed by atoms with Gasteiger partial charge in [0.2, 0.25) is 5.91 Å². The molecule has 5 heteroatoms. The van der Waals surface area contributed by atoms with Crippen molar-refractivity contribution in [3.63, 3.8) is 0 Å². The summed E-state index contributed by atoms with van der Waals surface area (Å²) < 4.78 is 5.53. The van der Waals surface area contributed by atoms with E-state index in [9.17, 15) is 9.59 Å². The lowest BCUT2D eigenvalue weighted by Gasteiger charge is -2.29. The second kappa shape index (κ2) is 7.87. The van der Waals surface area contributed by atoms with Crippen LogP contribution in [-0.2, 0) is 16.0 Å². The number of benzene rings is 2. The van der Waals surface area contributed by atoms with Crippen molar-refractivity contribution in [2.75, 3.05) is 23.4 Å². The molecule has 1 heterocycles. The normalized spacial score (nSPS) is 13.0. The standard InChI is InChI=1S/C21H22N2O3/c1-15(2)13-23-18-10-9-17(12-19(18)26-14-21(23)25)22-20(24)11-8-16-6-4-3-5-7-16/h3-7,9-10,12H,1,8,11,13-14H2,2H3,(H,22,24). The minimum absolute atomic E-state index is 0.00825. The van der Waals surface area contributed by atoms with E-state index in [0.717, 1.165) is 11.1 Å². The number of carbonyl (C=O) groups excluding carboxylic acids is 2. The molecule has 0 saturated heterocycles. The second-order valence-corrected chi connectivity index (χ2v) is 6.44. The third-order valence-electron chi connectivity index (χ3n) is 4.10. The van der Waals surface area contributed by atoms with Gasteiger partial charge in [-0.05, 0) is 31.0 Å². The molecular formula is C21H22N2O3. The maximum absolute atomic E-state index is 12.2. The van der Waals surface area contributed by atoms with Crippen molar-refractivity contribution in [3.8, 4) is 5.75 Å². The molecule has 5 nitrogen and oxygen atoms in total. The summed E-state index contributed by atoms with van der Waals surface area (Å²) >= 11 is 0. The van der Waals surface area contributed by atoms with Gasteiger partial charge >= 0.3 is 0 Å². The number of hydrogen-bond acceptors (Lipinski definition) is 3. The Labute approximate surface area is 153 Å². The zero-order chi connectivity index (χ0) is 18.5. The van der Waals surface area contributed by atoms with E-state index >= 15 is 0 Å². The van der Waals surface area contributed by atoms with Crippen molar-refractivity contribution in [1.29, 1.82) is 0 Å². The summed E-state index contributed by atoms with van der Waals surface area (Å²) in [7, 11) is 0. The molecule has 3 rings (SSSR count). The van der Waals surface area contributed by atoms with Crippen molar-refractivity contribution in [3.05, 3.63) is 66.2 Å². The Hall–Kier alpha value is -3.08. The molecule has 2 aromatic rings. The van der Waals surface area contributed by atoms with E-state index in [1.165, 1.54) is 0 Å². The molecular weight excluding hydrogens is 328 g/mol. The van der Waals surface area contributed by atoms with E-state index < -0.39 is 0 Å². The van der Waals surface area contributed by atoms with Gasteiger partial charge in [-0.2, -0.15) is 0 Å². The first kappa shape index (κ1) is 17.7. The Kier molecular flexibility index (Phi) is 5.37. The predicted molar refractivity (Wildman–Crippen MR) is 102 cm³/mol. The van der Waals surface area contributed by atoms with Crippen LogP contribution in [0, 0.1) is 0 Å². The highest BCUT2D eigenvalue weighted by Gasteiger charge is 2.25. The molecule has 1 aliphatic rings. The van der Waals surface area contributed by atoms with Gasteiger partial charge in [-0.1, -0.05) is 42.5 Å². The third kappa shape index (κ3) is 4.30. The zero-order valence-electron chi connectivity index (χ0n) is 14.8. The van der Waals surface area contributed by atoms with Crippen LogP contribution in [0.2, 0.25) is 0 Å². The number of rotatable bonds is 6. The van der Waals surface area contributed by atoms with Gasteiger partial charge in [0.1, 0.15) is 5.75 Å². The van der Waals surface area contributed by atoms with Gasteiger partial charge in [-0.25, -0.2) is 0 Å². The maximum Gasteiger partial charge on any atom is 0.265 e. The van der Waals surface area contributed by atoms with E-state index in [1.54, 1.807) is 23.1 Å². The molecule has 26 heavy (non-hydrogen) atoms. The minimum atomic E-state index is -0.0971. The molecule has 0 aliphatic carbocycles. The molecule has 0 bridgehead atoms. The molecule has 0 atom stereocenters. The zero-order valence-corrected chi connectivity index (χ0v) is 14.8. The van der Waals surface area contributed by atoms with Crippen LogP contribution in [0.1, 0.15) is 18.9 Å². The fraction of sp³-hybridized carbons (Fsp3) is 0.238. The van der Waals surface area contributed by atoms with Crippen LogP contribution in [0.5, 0.6) is 5.75 Å². The summed E-state index contributed by atoms with van der Waals surface area (Å²) in [6.45, 7) is 6.19. The summed E-state index contributed by atoms with van der Waals surface area (Å²) in [6, 6.07) is 15.2. The van der Waals surface area contributed by atoms with Gasteiger partial charge in [-0.15, -0.1) is 0 Å². The highest BCUT2D eigenvalue weighted by molar-refractivity contribution is 5.99. The van der Waals surface area contributed by atoms with Gasteiger partial charge in [0.05, 0.1) is 5.69 Å². The van der Waals surface area contributed by atoms with Crippen LogP contribution >= 0.6 is 0 Å². The van der Waals surface area contributed by atoms with Crippen molar-refractivity contribution in [1.82, 2.24) is 0 Å². The lowest BCUT2D eigenvalue weighted by Crippen LogP contribution is -2.39. The van der Waals surface area contributed by atoms with E-state index in [2.05, 4.69) is 11.9 Å². The molecule has 0 unspecified atom stereocenters. The van der Waals surface area contributed by atoms with Crippen molar-refractivity contribution in [2.45, 2.75) is 19.8 Å². The molecule has 134 valence electrons. The van der Waals surface area contributed by atoms with Crippen LogP contribution in [-0.4, -0.2) is 25.0 Å². The first-order valence-corrected chi connectivity index (χ1v) is 8.58. The number of carbonyl (C=O) groups is 2. The van der Waals surface area contributed by atoms with Gasteiger partial charge < -0.3 is 15.0 Å². The molecule has 0 aromatic heterocycles. The Balaban J connectivity index is 1.66. The van der Waals surface area contributed by atoms with E-state index in [4.69, 9.17) is 4.74 Å². The highest BCUT2D eigenvalue weighted by atomic mass is 16.5. The SMILES string of the molecule is C=C(C)CN1C(=O)COc2cc(NC(=O)CCc3ccccc3)ccc21. The smallest absolute Gasteiger partial charge is 0.265 e. The van der Waals surface area contributed by atoms with E-state index in [0.29, 0.717) is 36.5 Å². The van der Waals surface area contributed by atoms with Crippen LogP contribution in [0.25, 0.3) is 0 Å². The fourth-order valence-electron chi connectivity index (χ4n) is 2.85. The summed E-state index contributed by atoms with van der Waals surface area (Å²) in [4.78, 5) is 25.9. The number of amides is 2. The third-order valence-corrected chi connectivity index (χ3v) is 4.10. The topological polar surface area (TPSA) is 58.6 Å². The Morgan fingerprint density at radius 3 is 2.73 bits per heavy atom. The number of nitrogens with zero attached hydrogens (tertiary/aromatic N) is 1. The molecule has 1 aliphatic heterocycles. The fourth-order valence-corrected chi connectivity index (χ4v) is 2.85. The molecule has 0 spiro atoms. The second-order valence-electron chi connectivity index (χ2n) is 6.44. The van der Waals surface area contributed by atoms with Crippen molar-refractivity contribution in [2.24, 2.45) is 0 Å². The number of hydrogen-bond donors (Lipinski definition) is 1. The van der Waals surface area contributed by atoms with Gasteiger partial charge in [0, 0.05) is 24.7 Å². The van der Waals surface area contributed by atoms with Crippen molar-refractivity contribution >= 4 is 23.2 Å². The van der Waals surface area contributed by atoms with Gasteiger partial charge in [0.15, 0.2) is 6.61 Å². The molecule has 1 N–H and O–H groups in total. The molecule has 0 radical (unpaired) electrons. The molecule has 2 aromatic carbocycles. The van der Waals surface area contributed by atoms with Crippen LogP contribution in [0.4, 0.5) is 11.4 Å². The molecule has 2 amide bonds. The van der Waals surface area contributed by atoms with Crippen LogP contribution in [0.15, 0.2) is 60.7 Å². The number of ether oxygens (including phenoxy) is 1. The minimum Gasteiger partial charge on any atom is -0.481 e. The predicted octanol–water partition coefficient (Wildman–Crippen LogP) is 3.56. The summed E-state index contributed by atoms with van der Waals surface area (Å²) in [5.41, 5.74) is 3.38. The van der Waals surface area contributed by atoms with E-state index in [1.807, 2.05) is 37.3 Å². The number of fused-ring (bicyclic) bond motifs is 1.